The van der Waals surface area contributed by atoms with Crippen molar-refractivity contribution >= 4 is 111 Å². The molecule has 0 spiro atoms. The molecule has 0 bridgehead atoms. The molecule has 0 saturated carbocycles. The van der Waals surface area contributed by atoms with Crippen molar-refractivity contribution in [2.24, 2.45) is 22.7 Å². The van der Waals surface area contributed by atoms with Gasteiger partial charge in [0.2, 0.25) is 0 Å². The first-order chi connectivity index (χ1) is 56.0. The zero-order valence-corrected chi connectivity index (χ0v) is 69.0. The number of nitro groups is 2. The van der Waals surface area contributed by atoms with Crippen LogP contribution in [0.2, 0.25) is 10.0 Å². The van der Waals surface area contributed by atoms with Crippen LogP contribution in [0.4, 0.5) is 22.7 Å². The molecule has 4 N–H and O–H groups in total. The van der Waals surface area contributed by atoms with Crippen molar-refractivity contribution in [3.8, 4) is 34.5 Å². The minimum absolute atomic E-state index is 0.0211. The van der Waals surface area contributed by atoms with Crippen LogP contribution < -0.4 is 38.2 Å². The highest BCUT2D eigenvalue weighted by Crippen LogP contribution is 2.47. The van der Waals surface area contributed by atoms with E-state index in [4.69, 9.17) is 42.1 Å². The normalized spacial score (nSPS) is 18.4. The van der Waals surface area contributed by atoms with E-state index in [0.29, 0.717) is 53.4 Å². The number of aromatic amines is 2. The molecule has 8 heterocycles. The van der Waals surface area contributed by atoms with E-state index in [2.05, 4.69) is 101 Å². The number of amides is 2. The number of piperazine rings is 2. The van der Waals surface area contributed by atoms with Crippen LogP contribution >= 0.6 is 23.2 Å². The van der Waals surface area contributed by atoms with Gasteiger partial charge in [-0.25, -0.2) is 36.2 Å². The van der Waals surface area contributed by atoms with E-state index in [-0.39, 0.29) is 74.8 Å². The fourth-order valence-corrected chi connectivity index (χ4v) is 18.7. The Hall–Kier alpha value is -10.9. The van der Waals surface area contributed by atoms with Crippen molar-refractivity contribution in [3.63, 3.8) is 0 Å². The zero-order chi connectivity index (χ0) is 82.2. The number of nitrogens with zero attached hydrogens (tertiary/aromatic N) is 8. The van der Waals surface area contributed by atoms with Crippen molar-refractivity contribution in [2.75, 3.05) is 88.5 Å². The van der Waals surface area contributed by atoms with Gasteiger partial charge in [-0.3, -0.25) is 39.6 Å². The van der Waals surface area contributed by atoms with Gasteiger partial charge in [-0.2, -0.15) is 0 Å². The van der Waals surface area contributed by atoms with E-state index in [1.807, 2.05) is 50.2 Å². The van der Waals surface area contributed by atoms with Crippen LogP contribution in [0.5, 0.6) is 34.5 Å². The third kappa shape index (κ3) is 18.6. The Labute approximate surface area is 688 Å². The number of ether oxygens (including phenoxy) is 4. The zero-order valence-electron chi connectivity index (χ0n) is 65.9. The summed E-state index contributed by atoms with van der Waals surface area (Å²) in [5.41, 5.74) is 11.5. The molecule has 6 aromatic carbocycles. The number of carbonyl (C=O) groups is 2. The fourth-order valence-electron chi connectivity index (χ4n) is 16.4. The first-order valence-electron chi connectivity index (χ1n) is 39.4. The van der Waals surface area contributed by atoms with Crippen molar-refractivity contribution in [1.29, 1.82) is 0 Å². The first-order valence-corrected chi connectivity index (χ1v) is 43.1. The van der Waals surface area contributed by atoms with Gasteiger partial charge in [-0.05, 0) is 176 Å². The van der Waals surface area contributed by atoms with Crippen LogP contribution in [0, 0.1) is 42.9 Å². The molecule has 2 fully saturated rings. The minimum Gasteiger partial charge on any atom is -0.493 e. The van der Waals surface area contributed by atoms with Crippen molar-refractivity contribution in [3.05, 3.63) is 233 Å². The highest BCUT2D eigenvalue weighted by molar-refractivity contribution is 7.90. The number of nitro benzene ring substituents is 2. The number of fused-ring (bicyclic) bond motifs is 4. The summed E-state index contributed by atoms with van der Waals surface area (Å²) in [6.45, 7) is 21.7. The van der Waals surface area contributed by atoms with Crippen LogP contribution in [-0.2, 0) is 32.9 Å². The Kier molecular flexibility index (Phi) is 23.4. The SMILES string of the molecule is CC[C@H]1COc2cc(S(=O)(=O)NC(=O)c3ccc(N4CCN(CC5=C(c6ccc(Cl)cc6)CC(C)(C)CC5)CC4)cc3Oc3cnc4[nH]ccc4c3)cc([N+](=O)[O-])c2C1.C[C@H]1COc2cc(S(=O)(=O)NC(=O)c3ccc(N4CCN(CC5=C(c6ccc(Cl)cc6)CC(C)(C)CC5)CC4)cc3Oc3cnc4[nH]ccc4c3)cc([N+](=O)[O-])c2C1. The summed E-state index contributed by atoms with van der Waals surface area (Å²) in [4.78, 5) is 74.1. The Bertz CT molecular complexity index is 5820. The number of benzene rings is 6. The molecule has 6 aliphatic rings. The van der Waals surface area contributed by atoms with Crippen LogP contribution in [-0.4, -0.2) is 147 Å². The molecule has 2 amide bonds. The number of aromatic nitrogens is 4. The lowest BCUT2D eigenvalue weighted by atomic mass is 9.72. The number of allylic oxidation sites excluding steroid dienone is 2. The lowest BCUT2D eigenvalue weighted by Crippen LogP contribution is -2.47. The molecule has 26 nitrogen and oxygen atoms in total. The second-order valence-corrected chi connectivity index (χ2v) is 37.0. The number of hydrogen-bond acceptors (Lipinski definition) is 20. The molecule has 610 valence electrons. The molecule has 4 aliphatic heterocycles. The Balaban J connectivity index is 0.000000183. The van der Waals surface area contributed by atoms with Gasteiger partial charge in [0.15, 0.2) is 0 Å². The molecule has 2 aliphatic carbocycles. The van der Waals surface area contributed by atoms with E-state index >= 15 is 0 Å². The summed E-state index contributed by atoms with van der Waals surface area (Å²) in [6, 6.07) is 38.1. The molecule has 16 rings (SSSR count). The molecule has 10 aromatic rings. The van der Waals surface area contributed by atoms with E-state index < -0.39 is 51.5 Å². The van der Waals surface area contributed by atoms with E-state index in [1.165, 1.54) is 64.0 Å². The topological polar surface area (TPSA) is 320 Å². The van der Waals surface area contributed by atoms with Gasteiger partial charge in [0.25, 0.3) is 43.2 Å². The highest BCUT2D eigenvalue weighted by Gasteiger charge is 2.37. The van der Waals surface area contributed by atoms with Gasteiger partial charge in [0.1, 0.15) is 45.8 Å². The molecule has 0 radical (unpaired) electrons. The monoisotopic (exact) mass is 1660 g/mol. The van der Waals surface area contributed by atoms with Gasteiger partial charge >= 0.3 is 0 Å². The average molecular weight is 1660 g/mol. The quantitative estimate of drug-likeness (QED) is 0.0383. The largest absolute Gasteiger partial charge is 0.493 e. The molecule has 4 aromatic heterocycles. The number of hydrogen-bond donors (Lipinski definition) is 4. The summed E-state index contributed by atoms with van der Waals surface area (Å²) in [7, 11) is -9.17. The predicted octanol–water partition coefficient (Wildman–Crippen LogP) is 17.2. The Morgan fingerprint density at radius 1 is 0.564 bits per heavy atom. The summed E-state index contributed by atoms with van der Waals surface area (Å²) in [5.74, 6) is -0.634. The van der Waals surface area contributed by atoms with Gasteiger partial charge in [0.05, 0.1) is 67.5 Å². The van der Waals surface area contributed by atoms with Gasteiger partial charge in [0, 0.05) is 146 Å². The van der Waals surface area contributed by atoms with Crippen molar-refractivity contribution in [2.45, 2.75) is 109 Å². The van der Waals surface area contributed by atoms with Crippen LogP contribution in [0.1, 0.15) is 129 Å². The summed E-state index contributed by atoms with van der Waals surface area (Å²) < 4.78 is 83.1. The number of nitrogens with one attached hydrogen (secondary N) is 4. The van der Waals surface area contributed by atoms with Crippen molar-refractivity contribution < 1.29 is 55.2 Å². The predicted molar refractivity (Wildman–Crippen MR) is 451 cm³/mol. The summed E-state index contributed by atoms with van der Waals surface area (Å²) >= 11 is 12.5. The number of halogens is 2. The maximum atomic E-state index is 13.9. The highest BCUT2D eigenvalue weighted by atomic mass is 35.5. The maximum Gasteiger partial charge on any atom is 0.277 e. The summed E-state index contributed by atoms with van der Waals surface area (Å²) in [5, 5.41) is 27.1. The van der Waals surface area contributed by atoms with E-state index in [9.17, 15) is 46.7 Å². The second kappa shape index (κ2) is 33.6. The molecule has 0 unspecified atom stereocenters. The number of pyridine rings is 2. The Morgan fingerprint density at radius 3 is 1.40 bits per heavy atom. The molecule has 117 heavy (non-hydrogen) atoms. The number of anilines is 2. The standard InChI is InChI=1S/C44H47ClN6O7S.C43H45ClN6O7S/c1-4-28-19-37-39(51(53)54)22-35(23-40(37)57-27-28)59(55,56)48-43(52)36-10-9-33(21-41(36)58-34-20-30-12-14-46-42(30)47-25-34)50-17-15-49(16-18-50)26-31-11-13-44(2,3)24-38(31)29-5-7-32(45)8-6-29;1-27-18-36-38(50(52)53)21-34(22-39(36)56-26-27)58(54,55)47-42(51)35-9-8-32(20-40(35)57-33-19-29-11-13-45-41(29)46-24-33)49-16-14-48(15-17-49)25-30-10-12-43(2,3)23-37(30)28-4-6-31(44)7-5-28/h5-10,12,14,20-23,25,28H,4,11,13,15-19,24,26-27H2,1-3H3,(H,46,47)(H,48,52);4-9,11,13,19-22,24,27H,10,12,14-18,23,25-26H2,1-3H3,(H,45,46)(H,47,51)/t28-;27-/m11/s1. The number of carbonyl (C=O) groups excluding carboxylic acids is 2. The smallest absolute Gasteiger partial charge is 0.277 e. The van der Waals surface area contributed by atoms with Gasteiger partial charge in [-0.15, -0.1) is 0 Å². The lowest BCUT2D eigenvalue weighted by molar-refractivity contribution is -0.386. The third-order valence-corrected chi connectivity index (χ3v) is 26.2. The third-order valence-electron chi connectivity index (χ3n) is 23.1. The number of rotatable bonds is 21. The van der Waals surface area contributed by atoms with Crippen LogP contribution in [0.3, 0.4) is 0 Å². The second-order valence-electron chi connectivity index (χ2n) is 32.8. The maximum absolute atomic E-state index is 13.9. The Morgan fingerprint density at radius 2 is 0.983 bits per heavy atom. The van der Waals surface area contributed by atoms with Crippen LogP contribution in [0.15, 0.2) is 179 Å². The fraction of sp³-hybridized carbons (Fsp3) is 0.356. The van der Waals surface area contributed by atoms with E-state index in [0.717, 1.165) is 155 Å². The minimum atomic E-state index is -4.59. The molecule has 30 heteroatoms. The molecule has 2 saturated heterocycles. The van der Waals surface area contributed by atoms with E-state index in [1.54, 1.807) is 54.9 Å². The van der Waals surface area contributed by atoms with Crippen LogP contribution in [0.25, 0.3) is 33.2 Å². The molecule has 2 atom stereocenters. The van der Waals surface area contributed by atoms with Crippen molar-refractivity contribution in [1.82, 2.24) is 39.2 Å². The molecular weight excluding hydrogens is 1570 g/mol. The van der Waals surface area contributed by atoms with Gasteiger partial charge < -0.3 is 38.7 Å². The summed E-state index contributed by atoms with van der Waals surface area (Å²) in [6.07, 6.45) is 14.5. The number of H-pyrrole nitrogens is 2. The molecular formula is C87H92Cl2N12O14S2. The number of sulfonamides is 2. The average Bonchev–Trinajstić information content (AvgIpc) is 1.23. The lowest BCUT2D eigenvalue weighted by Gasteiger charge is -2.39. The van der Waals surface area contributed by atoms with Gasteiger partial charge in [-0.1, -0.05) is 100 Å². The first kappa shape index (κ1) is 81.3.